The number of aromatic nitrogens is 6. The molecule has 45 heavy (non-hydrogen) atoms. The number of rotatable bonds is 14. The number of carbonyl (C=O) groups is 4. The molecule has 20 heteroatoms. The third-order valence-corrected chi connectivity index (χ3v) is 5.71. The molecule has 0 aliphatic carbocycles. The van der Waals surface area contributed by atoms with Crippen molar-refractivity contribution >= 4 is 40.8 Å². The number of ether oxygens (including phenoxy) is 2. The first-order valence-corrected chi connectivity index (χ1v) is 13.5. The van der Waals surface area contributed by atoms with Gasteiger partial charge < -0.3 is 24.9 Å². The molecule has 0 spiro atoms. The molecular formula is C25H35N11O9. The predicted molar refractivity (Wildman–Crippen MR) is 154 cm³/mol. The number of carboxylic acid groups (broad SMARTS) is 1. The average Bonchev–Trinajstić information content (AvgIpc) is 3.22. The van der Waals surface area contributed by atoms with Crippen LogP contribution in [0.1, 0.15) is 39.2 Å². The van der Waals surface area contributed by atoms with Crippen LogP contribution in [0.3, 0.4) is 0 Å². The molecule has 3 aromatic heterocycles. The second-order valence-electron chi connectivity index (χ2n) is 10.6. The molecule has 0 unspecified atom stereocenters. The number of hydrazine groups is 2. The molecule has 7 N–H and O–H groups in total. The zero-order chi connectivity index (χ0) is 33.5. The highest BCUT2D eigenvalue weighted by atomic mass is 16.6. The molecule has 0 atom stereocenters. The first-order valence-electron chi connectivity index (χ1n) is 13.5. The topological polar surface area (TPSA) is 276 Å². The number of imidazole rings is 1. The second kappa shape index (κ2) is 14.5. The summed E-state index contributed by atoms with van der Waals surface area (Å²) < 4.78 is 12.4. The maximum absolute atomic E-state index is 13.3. The number of hydrogen-bond donors (Lipinski definition) is 5. The van der Waals surface area contributed by atoms with Crippen molar-refractivity contribution in [3.05, 3.63) is 44.8 Å². The molecule has 0 aliphatic heterocycles. The van der Waals surface area contributed by atoms with Gasteiger partial charge in [-0.1, -0.05) is 0 Å². The maximum Gasteiger partial charge on any atom is 0.329 e. The van der Waals surface area contributed by atoms with E-state index in [2.05, 4.69) is 20.4 Å². The van der Waals surface area contributed by atoms with E-state index in [-0.39, 0.29) is 48.2 Å². The monoisotopic (exact) mass is 633 g/mol. The molecule has 0 fully saturated rings. The van der Waals surface area contributed by atoms with E-state index in [0.29, 0.717) is 0 Å². The third-order valence-electron chi connectivity index (χ3n) is 5.71. The highest BCUT2D eigenvalue weighted by molar-refractivity contribution is 5.84. The summed E-state index contributed by atoms with van der Waals surface area (Å²) >= 11 is 0. The van der Waals surface area contributed by atoms with Crippen molar-refractivity contribution in [2.24, 2.45) is 5.84 Å². The Morgan fingerprint density at radius 2 is 1.78 bits per heavy atom. The van der Waals surface area contributed by atoms with Gasteiger partial charge in [0.2, 0.25) is 0 Å². The molecule has 3 rings (SSSR count). The van der Waals surface area contributed by atoms with Crippen molar-refractivity contribution in [1.82, 2.24) is 44.5 Å². The lowest BCUT2D eigenvalue weighted by atomic mass is 10.2. The summed E-state index contributed by atoms with van der Waals surface area (Å²) in [5.74, 6) is 2.66. The molecule has 0 saturated carbocycles. The standard InChI is InChI=1S/C25H35N11O9/c1-5-44-19(41)11-33(27)8-15-30-21-22(26)28-13-29-23(21)36(15)9-17(38)32-34(10-18(39)40)7-14-6-16(37)31-24(43)35(14)12-20(42)45-25(2,3)4/h6,13H,5,7-12,27H2,1-4H3,(H,32,38)(H,39,40)(H2,26,28,29)(H,31,37,43). The van der Waals surface area contributed by atoms with Gasteiger partial charge in [-0.3, -0.25) is 44.8 Å². The minimum atomic E-state index is -1.35. The highest BCUT2D eigenvalue weighted by Gasteiger charge is 2.23. The summed E-state index contributed by atoms with van der Waals surface area (Å²) in [6.07, 6.45) is 1.16. The number of nitrogens with two attached hydrogens (primary N) is 2. The number of nitrogens with zero attached hydrogens (tertiary/aromatic N) is 7. The second-order valence-corrected chi connectivity index (χ2v) is 10.6. The van der Waals surface area contributed by atoms with E-state index in [1.54, 1.807) is 27.7 Å². The SMILES string of the molecule is CCOC(=O)CN(N)Cc1nc2c(N)ncnc2n1CC(=O)NN(CC(=O)O)Cc1cc(=O)[nH]c(=O)n1CC(=O)OC(C)(C)C. The fourth-order valence-corrected chi connectivity index (χ4v) is 4.12. The Balaban J connectivity index is 1.89. The number of anilines is 1. The summed E-state index contributed by atoms with van der Waals surface area (Å²) in [5.41, 5.74) is 5.99. The minimum absolute atomic E-state index is 0.0131. The molecule has 0 radical (unpaired) electrons. The Bertz CT molecular complexity index is 1690. The Hall–Kier alpha value is -5.21. The van der Waals surface area contributed by atoms with E-state index < -0.39 is 66.8 Å². The molecular weight excluding hydrogens is 598 g/mol. The summed E-state index contributed by atoms with van der Waals surface area (Å²) in [5, 5.41) is 11.5. The van der Waals surface area contributed by atoms with Gasteiger partial charge in [-0.15, -0.1) is 0 Å². The van der Waals surface area contributed by atoms with Gasteiger partial charge in [-0.2, -0.15) is 0 Å². The Morgan fingerprint density at radius 1 is 1.07 bits per heavy atom. The summed E-state index contributed by atoms with van der Waals surface area (Å²) in [6.45, 7) is 3.94. The molecule has 0 bridgehead atoms. The van der Waals surface area contributed by atoms with Crippen molar-refractivity contribution in [3.8, 4) is 0 Å². The quantitative estimate of drug-likeness (QED) is 0.0694. The van der Waals surface area contributed by atoms with Crippen LogP contribution in [0.15, 0.2) is 22.0 Å². The van der Waals surface area contributed by atoms with E-state index in [1.807, 2.05) is 4.98 Å². The molecule has 0 aromatic carbocycles. The Morgan fingerprint density at radius 3 is 2.42 bits per heavy atom. The lowest BCUT2D eigenvalue weighted by molar-refractivity contribution is -0.156. The average molecular weight is 634 g/mol. The lowest BCUT2D eigenvalue weighted by Gasteiger charge is -2.24. The van der Waals surface area contributed by atoms with Crippen LogP contribution in [0, 0.1) is 0 Å². The number of nitrogen functional groups attached to an aromatic ring is 1. The van der Waals surface area contributed by atoms with E-state index in [1.165, 1.54) is 4.57 Å². The van der Waals surface area contributed by atoms with Crippen LogP contribution in [-0.2, 0) is 54.8 Å². The molecule has 3 aromatic rings. The molecule has 1 amide bonds. The van der Waals surface area contributed by atoms with Gasteiger partial charge in [0.15, 0.2) is 17.0 Å². The number of carboxylic acids is 1. The van der Waals surface area contributed by atoms with Crippen LogP contribution in [0.25, 0.3) is 11.2 Å². The summed E-state index contributed by atoms with van der Waals surface area (Å²) in [7, 11) is 0. The van der Waals surface area contributed by atoms with E-state index >= 15 is 0 Å². The molecule has 20 nitrogen and oxygen atoms in total. The van der Waals surface area contributed by atoms with Crippen molar-refractivity contribution in [2.75, 3.05) is 25.4 Å². The highest BCUT2D eigenvalue weighted by Crippen LogP contribution is 2.19. The van der Waals surface area contributed by atoms with Crippen LogP contribution in [0.4, 0.5) is 5.82 Å². The number of aliphatic carboxylic acids is 1. The number of hydrogen-bond acceptors (Lipinski definition) is 15. The van der Waals surface area contributed by atoms with Crippen LogP contribution in [0.5, 0.6) is 0 Å². The Labute approximate surface area is 254 Å². The first-order chi connectivity index (χ1) is 21.1. The third kappa shape index (κ3) is 9.91. The molecule has 0 saturated heterocycles. The first kappa shape index (κ1) is 34.3. The fraction of sp³-hybridized carbons (Fsp3) is 0.480. The normalized spacial score (nSPS) is 11.6. The number of nitrogens with one attached hydrogen (secondary N) is 2. The van der Waals surface area contributed by atoms with Gasteiger partial charge in [-0.25, -0.2) is 29.8 Å². The number of amides is 1. The van der Waals surface area contributed by atoms with Crippen molar-refractivity contribution < 1.29 is 33.8 Å². The van der Waals surface area contributed by atoms with Crippen LogP contribution >= 0.6 is 0 Å². The smallest absolute Gasteiger partial charge is 0.329 e. The van der Waals surface area contributed by atoms with Crippen LogP contribution < -0.4 is 28.3 Å². The van der Waals surface area contributed by atoms with Gasteiger partial charge in [0.05, 0.1) is 19.7 Å². The van der Waals surface area contributed by atoms with Gasteiger partial charge in [0.1, 0.15) is 43.9 Å². The summed E-state index contributed by atoms with van der Waals surface area (Å²) in [6, 6.07) is 0.993. The van der Waals surface area contributed by atoms with E-state index in [9.17, 15) is 33.9 Å². The maximum atomic E-state index is 13.3. The Kier molecular flexibility index (Phi) is 11.1. The van der Waals surface area contributed by atoms with Gasteiger partial charge in [0, 0.05) is 11.8 Å². The molecule has 0 aliphatic rings. The zero-order valence-corrected chi connectivity index (χ0v) is 25.1. The van der Waals surface area contributed by atoms with Gasteiger partial charge in [-0.05, 0) is 27.7 Å². The fourth-order valence-electron chi connectivity index (χ4n) is 4.12. The van der Waals surface area contributed by atoms with Crippen molar-refractivity contribution in [1.29, 1.82) is 0 Å². The van der Waals surface area contributed by atoms with Gasteiger partial charge in [0.25, 0.3) is 11.5 Å². The number of H-pyrrole nitrogens is 1. The zero-order valence-electron chi connectivity index (χ0n) is 25.1. The molecule has 3 heterocycles. The largest absolute Gasteiger partial charge is 0.480 e. The van der Waals surface area contributed by atoms with Crippen molar-refractivity contribution in [3.63, 3.8) is 0 Å². The molecule has 244 valence electrons. The number of carbonyl (C=O) groups excluding carboxylic acids is 3. The number of aromatic amines is 1. The number of esters is 2. The van der Waals surface area contributed by atoms with Crippen LogP contribution in [0.2, 0.25) is 0 Å². The van der Waals surface area contributed by atoms with Crippen LogP contribution in [-0.4, -0.2) is 93.3 Å². The summed E-state index contributed by atoms with van der Waals surface area (Å²) in [4.78, 5) is 88.4. The van der Waals surface area contributed by atoms with Gasteiger partial charge >= 0.3 is 23.6 Å². The van der Waals surface area contributed by atoms with E-state index in [0.717, 1.165) is 27.0 Å². The number of fused-ring (bicyclic) bond motifs is 1. The van der Waals surface area contributed by atoms with E-state index in [4.69, 9.17) is 21.1 Å². The van der Waals surface area contributed by atoms with Crippen molar-refractivity contribution in [2.45, 2.75) is 59.5 Å². The minimum Gasteiger partial charge on any atom is -0.480 e. The predicted octanol–water partition coefficient (Wildman–Crippen LogP) is -2.54. The lowest BCUT2D eigenvalue weighted by Crippen LogP contribution is -2.47.